The van der Waals surface area contributed by atoms with Gasteiger partial charge in [-0.1, -0.05) is 6.07 Å². The number of nitrogens with zero attached hydrogens (tertiary/aromatic N) is 4. The van der Waals surface area contributed by atoms with Crippen LogP contribution in [0, 0.1) is 5.92 Å². The summed E-state index contributed by atoms with van der Waals surface area (Å²) in [5.41, 5.74) is 1.32. The molecule has 0 radical (unpaired) electrons. The summed E-state index contributed by atoms with van der Waals surface area (Å²) in [4.78, 5) is 6.66. The summed E-state index contributed by atoms with van der Waals surface area (Å²) in [6, 6.07) is 5.76. The molecule has 25 heavy (non-hydrogen) atoms. The molecule has 0 aliphatic carbocycles. The van der Waals surface area contributed by atoms with Crippen molar-refractivity contribution in [1.82, 2.24) is 19.7 Å². The van der Waals surface area contributed by atoms with E-state index < -0.39 is 0 Å². The highest BCUT2D eigenvalue weighted by atomic mass is 16.5. The lowest BCUT2D eigenvalue weighted by Gasteiger charge is -2.50. The zero-order valence-corrected chi connectivity index (χ0v) is 14.8. The van der Waals surface area contributed by atoms with Crippen LogP contribution in [0.3, 0.4) is 0 Å². The molecule has 1 atom stereocenters. The number of pyridine rings is 1. The number of aryl methyl sites for hydroxylation is 1. The van der Waals surface area contributed by atoms with Crippen molar-refractivity contribution in [2.45, 2.75) is 38.5 Å². The van der Waals surface area contributed by atoms with Crippen molar-refractivity contribution in [3.05, 3.63) is 42.4 Å². The Bertz CT molecular complexity index is 682. The Hall–Kier alpha value is -1.92. The van der Waals surface area contributed by atoms with Gasteiger partial charge in [0.15, 0.2) is 0 Å². The van der Waals surface area contributed by atoms with Gasteiger partial charge in [0.25, 0.3) is 0 Å². The molecule has 4 heterocycles. The minimum atomic E-state index is 0.0359. The molecule has 0 bridgehead atoms. The second kappa shape index (κ2) is 7.14. The van der Waals surface area contributed by atoms with Gasteiger partial charge in [0.1, 0.15) is 0 Å². The quantitative estimate of drug-likeness (QED) is 0.773. The summed E-state index contributed by atoms with van der Waals surface area (Å²) in [6.07, 6.45) is 8.03. The van der Waals surface area contributed by atoms with Crippen LogP contribution in [0.4, 0.5) is 0 Å². The molecule has 2 aliphatic rings. The molecule has 2 aromatic rings. The second-order valence-corrected chi connectivity index (χ2v) is 7.05. The smallest absolute Gasteiger partial charge is 0.213 e. The van der Waals surface area contributed by atoms with Gasteiger partial charge in [-0.3, -0.25) is 9.58 Å². The molecule has 134 valence electrons. The predicted molar refractivity (Wildman–Crippen MR) is 94.3 cm³/mol. The second-order valence-electron chi connectivity index (χ2n) is 7.05. The van der Waals surface area contributed by atoms with Crippen molar-refractivity contribution in [1.29, 1.82) is 0 Å². The largest absolute Gasteiger partial charge is 0.478 e. The third-order valence-corrected chi connectivity index (χ3v) is 5.35. The molecule has 2 aliphatic heterocycles. The first-order valence-corrected chi connectivity index (χ1v) is 9.19. The van der Waals surface area contributed by atoms with E-state index in [-0.39, 0.29) is 5.60 Å². The highest BCUT2D eigenvalue weighted by Crippen LogP contribution is 2.42. The molecule has 6 nitrogen and oxygen atoms in total. The summed E-state index contributed by atoms with van der Waals surface area (Å²) in [7, 11) is 0. The van der Waals surface area contributed by atoms with Crippen molar-refractivity contribution >= 4 is 0 Å². The maximum atomic E-state index is 6.15. The van der Waals surface area contributed by atoms with Gasteiger partial charge in [0.05, 0.1) is 18.4 Å². The molecule has 2 aromatic heterocycles. The number of likely N-dealkylation sites (tertiary alicyclic amines) is 1. The van der Waals surface area contributed by atoms with E-state index in [1.54, 1.807) is 6.20 Å². The van der Waals surface area contributed by atoms with Crippen molar-refractivity contribution in [3.8, 4) is 5.88 Å². The lowest BCUT2D eigenvalue weighted by atomic mass is 9.79. The monoisotopic (exact) mass is 342 g/mol. The Balaban J connectivity index is 1.26. The minimum absolute atomic E-state index is 0.0359. The van der Waals surface area contributed by atoms with Crippen molar-refractivity contribution in [2.24, 2.45) is 5.92 Å². The summed E-state index contributed by atoms with van der Waals surface area (Å²) in [5, 5.41) is 4.36. The highest BCUT2D eigenvalue weighted by Gasteiger charge is 2.52. The fourth-order valence-electron chi connectivity index (χ4n) is 4.02. The van der Waals surface area contributed by atoms with Crippen molar-refractivity contribution in [3.63, 3.8) is 0 Å². The molecule has 4 rings (SSSR count). The summed E-state index contributed by atoms with van der Waals surface area (Å²) >= 11 is 0. The van der Waals surface area contributed by atoms with E-state index >= 15 is 0 Å². The number of ether oxygens (including phenoxy) is 2. The Morgan fingerprint density at radius 2 is 2.28 bits per heavy atom. The Morgan fingerprint density at radius 1 is 1.36 bits per heavy atom. The van der Waals surface area contributed by atoms with E-state index in [0.717, 1.165) is 45.6 Å². The Morgan fingerprint density at radius 3 is 3.04 bits per heavy atom. The number of aromatic nitrogens is 3. The van der Waals surface area contributed by atoms with E-state index in [1.165, 1.54) is 5.56 Å². The summed E-state index contributed by atoms with van der Waals surface area (Å²) in [6.45, 7) is 7.59. The Labute approximate surface area is 148 Å². The lowest BCUT2D eigenvalue weighted by Crippen LogP contribution is -2.64. The van der Waals surface area contributed by atoms with Crippen LogP contribution in [0.5, 0.6) is 5.88 Å². The van der Waals surface area contributed by atoms with Crippen LogP contribution in [0.2, 0.25) is 0 Å². The van der Waals surface area contributed by atoms with Crippen LogP contribution in [0.25, 0.3) is 0 Å². The summed E-state index contributed by atoms with van der Waals surface area (Å²) < 4.78 is 13.9. The molecular formula is C19H26N4O2. The molecule has 0 N–H and O–H groups in total. The molecular weight excluding hydrogens is 316 g/mol. The number of hydrogen-bond acceptors (Lipinski definition) is 5. The van der Waals surface area contributed by atoms with Crippen LogP contribution in [-0.4, -0.2) is 51.6 Å². The molecule has 0 unspecified atom stereocenters. The number of rotatable bonds is 7. The van der Waals surface area contributed by atoms with E-state index in [4.69, 9.17) is 9.47 Å². The zero-order chi connectivity index (χ0) is 17.1. The van der Waals surface area contributed by atoms with E-state index in [9.17, 15) is 0 Å². The highest BCUT2D eigenvalue weighted by molar-refractivity contribution is 5.11. The van der Waals surface area contributed by atoms with Crippen molar-refractivity contribution < 1.29 is 9.47 Å². The van der Waals surface area contributed by atoms with Gasteiger partial charge in [-0.15, -0.1) is 0 Å². The van der Waals surface area contributed by atoms with E-state index in [2.05, 4.69) is 28.1 Å². The SMILES string of the molecule is CCn1cc(CN2CC3(C2)OCC[C@H]3CCOc2ccccn2)cn1. The van der Waals surface area contributed by atoms with Gasteiger partial charge in [0, 0.05) is 56.8 Å². The van der Waals surface area contributed by atoms with Gasteiger partial charge in [0.2, 0.25) is 5.88 Å². The van der Waals surface area contributed by atoms with Gasteiger partial charge in [-0.2, -0.15) is 5.10 Å². The molecule has 0 aromatic carbocycles. The van der Waals surface area contributed by atoms with Crippen LogP contribution in [-0.2, 0) is 17.8 Å². The van der Waals surface area contributed by atoms with Crippen LogP contribution >= 0.6 is 0 Å². The Kier molecular flexibility index (Phi) is 4.72. The first-order chi connectivity index (χ1) is 12.3. The fraction of sp³-hybridized carbons (Fsp3) is 0.579. The van der Waals surface area contributed by atoms with E-state index in [0.29, 0.717) is 18.4 Å². The van der Waals surface area contributed by atoms with Crippen molar-refractivity contribution in [2.75, 3.05) is 26.3 Å². The summed E-state index contributed by atoms with van der Waals surface area (Å²) in [5.74, 6) is 1.28. The van der Waals surface area contributed by atoms with Crippen LogP contribution < -0.4 is 4.74 Å². The van der Waals surface area contributed by atoms with Gasteiger partial charge in [-0.25, -0.2) is 4.98 Å². The fourth-order valence-corrected chi connectivity index (χ4v) is 4.02. The first kappa shape index (κ1) is 16.5. The van der Waals surface area contributed by atoms with Gasteiger partial charge < -0.3 is 9.47 Å². The third kappa shape index (κ3) is 3.55. The minimum Gasteiger partial charge on any atom is -0.478 e. The van der Waals surface area contributed by atoms with E-state index in [1.807, 2.05) is 29.1 Å². The van der Waals surface area contributed by atoms with Crippen LogP contribution in [0.1, 0.15) is 25.3 Å². The molecule has 6 heteroatoms. The van der Waals surface area contributed by atoms with Crippen LogP contribution in [0.15, 0.2) is 36.8 Å². The maximum Gasteiger partial charge on any atom is 0.213 e. The molecule has 0 amide bonds. The maximum absolute atomic E-state index is 6.15. The predicted octanol–water partition coefficient (Wildman–Crippen LogP) is 2.36. The number of hydrogen-bond donors (Lipinski definition) is 0. The van der Waals surface area contributed by atoms with Gasteiger partial charge in [-0.05, 0) is 31.7 Å². The average Bonchev–Trinajstić information content (AvgIpc) is 3.23. The average molecular weight is 342 g/mol. The third-order valence-electron chi connectivity index (χ3n) is 5.35. The molecule has 0 saturated carbocycles. The zero-order valence-electron chi connectivity index (χ0n) is 14.8. The first-order valence-electron chi connectivity index (χ1n) is 9.19. The molecule has 1 spiro atoms. The van der Waals surface area contributed by atoms with Gasteiger partial charge >= 0.3 is 0 Å². The normalized spacial score (nSPS) is 22.2. The molecule has 2 fully saturated rings. The standard InChI is InChI=1S/C19H26N4O2/c1-2-23-13-16(11-21-23)12-22-14-19(15-22)17(7-10-25-19)6-9-24-18-5-3-4-8-20-18/h3-5,8,11,13,17H,2,6-7,9-10,12,14-15H2,1H3/t17-/m1/s1. The topological polar surface area (TPSA) is 52.4 Å². The molecule has 2 saturated heterocycles. The lowest BCUT2D eigenvalue weighted by molar-refractivity contribution is -0.138.